The SMILES string of the molecule is CCNC(C)C1CCCCN1C(C)C(=O)NC(=O)NC. The van der Waals surface area contributed by atoms with E-state index in [4.69, 9.17) is 0 Å². The molecule has 1 rings (SSSR count). The van der Waals surface area contributed by atoms with Crippen LogP contribution in [0.5, 0.6) is 0 Å². The second kappa shape index (κ2) is 8.21. The minimum absolute atomic E-state index is 0.236. The highest BCUT2D eigenvalue weighted by Crippen LogP contribution is 2.22. The van der Waals surface area contributed by atoms with Crippen LogP contribution in [0, 0.1) is 0 Å². The number of urea groups is 1. The first-order chi connectivity index (χ1) is 9.51. The molecule has 0 aromatic carbocycles. The number of likely N-dealkylation sites (N-methyl/N-ethyl adjacent to an activating group) is 1. The van der Waals surface area contributed by atoms with E-state index in [0.29, 0.717) is 12.1 Å². The largest absolute Gasteiger partial charge is 0.341 e. The summed E-state index contributed by atoms with van der Waals surface area (Å²) in [6.07, 6.45) is 3.39. The highest BCUT2D eigenvalue weighted by molar-refractivity contribution is 5.96. The molecule has 3 N–H and O–H groups in total. The van der Waals surface area contributed by atoms with Gasteiger partial charge in [0.25, 0.3) is 0 Å². The van der Waals surface area contributed by atoms with Crippen molar-refractivity contribution in [2.24, 2.45) is 0 Å². The third-order valence-electron chi connectivity index (χ3n) is 4.04. The number of hydrogen-bond acceptors (Lipinski definition) is 4. The molecule has 1 aliphatic heterocycles. The van der Waals surface area contributed by atoms with Crippen molar-refractivity contribution in [1.82, 2.24) is 20.9 Å². The van der Waals surface area contributed by atoms with E-state index in [1.165, 1.54) is 13.5 Å². The Bertz CT molecular complexity index is 335. The van der Waals surface area contributed by atoms with Gasteiger partial charge in [0.15, 0.2) is 0 Å². The van der Waals surface area contributed by atoms with Gasteiger partial charge >= 0.3 is 6.03 Å². The molecule has 0 aliphatic carbocycles. The van der Waals surface area contributed by atoms with Crippen LogP contribution in [0.25, 0.3) is 0 Å². The molecule has 116 valence electrons. The molecule has 1 aliphatic rings. The van der Waals surface area contributed by atoms with Crippen molar-refractivity contribution in [2.75, 3.05) is 20.1 Å². The van der Waals surface area contributed by atoms with Crippen molar-refractivity contribution in [1.29, 1.82) is 0 Å². The van der Waals surface area contributed by atoms with E-state index in [0.717, 1.165) is 25.9 Å². The first kappa shape index (κ1) is 16.9. The van der Waals surface area contributed by atoms with Gasteiger partial charge < -0.3 is 10.6 Å². The van der Waals surface area contributed by atoms with E-state index in [1.54, 1.807) is 0 Å². The van der Waals surface area contributed by atoms with E-state index < -0.39 is 6.03 Å². The monoisotopic (exact) mass is 284 g/mol. The second-order valence-electron chi connectivity index (χ2n) is 5.39. The predicted molar refractivity (Wildman–Crippen MR) is 79.5 cm³/mol. The quantitative estimate of drug-likeness (QED) is 0.694. The second-order valence-corrected chi connectivity index (χ2v) is 5.39. The molecule has 1 heterocycles. The number of nitrogens with zero attached hydrogens (tertiary/aromatic N) is 1. The first-order valence-corrected chi connectivity index (χ1v) is 7.53. The number of rotatable bonds is 5. The van der Waals surface area contributed by atoms with E-state index in [2.05, 4.69) is 34.7 Å². The molecule has 0 aromatic rings. The summed E-state index contributed by atoms with van der Waals surface area (Å²) in [5.74, 6) is -0.236. The first-order valence-electron chi connectivity index (χ1n) is 7.53. The molecule has 1 fully saturated rings. The van der Waals surface area contributed by atoms with Crippen LogP contribution in [0.4, 0.5) is 4.79 Å². The Morgan fingerprint density at radius 2 is 2.00 bits per heavy atom. The van der Waals surface area contributed by atoms with Crippen LogP contribution in [-0.4, -0.2) is 55.1 Å². The third kappa shape index (κ3) is 4.45. The lowest BCUT2D eigenvalue weighted by atomic mass is 9.94. The zero-order chi connectivity index (χ0) is 15.1. The molecule has 3 atom stereocenters. The summed E-state index contributed by atoms with van der Waals surface area (Å²) in [5.41, 5.74) is 0. The molecule has 0 aromatic heterocycles. The Hall–Kier alpha value is -1.14. The molecule has 0 radical (unpaired) electrons. The number of hydrogen-bond donors (Lipinski definition) is 3. The third-order valence-corrected chi connectivity index (χ3v) is 4.04. The zero-order valence-corrected chi connectivity index (χ0v) is 13.0. The van der Waals surface area contributed by atoms with Gasteiger partial charge in [0, 0.05) is 19.1 Å². The van der Waals surface area contributed by atoms with Gasteiger partial charge in [-0.15, -0.1) is 0 Å². The van der Waals surface area contributed by atoms with E-state index in [9.17, 15) is 9.59 Å². The van der Waals surface area contributed by atoms with Gasteiger partial charge in [0.05, 0.1) is 6.04 Å². The van der Waals surface area contributed by atoms with Crippen LogP contribution in [-0.2, 0) is 4.79 Å². The maximum Gasteiger partial charge on any atom is 0.321 e. The predicted octanol–water partition coefficient (Wildman–Crippen LogP) is 0.683. The van der Waals surface area contributed by atoms with Gasteiger partial charge in [-0.25, -0.2) is 4.79 Å². The summed E-state index contributed by atoms with van der Waals surface area (Å²) < 4.78 is 0. The molecular formula is C14H28N4O2. The molecule has 1 saturated heterocycles. The maximum absolute atomic E-state index is 12.1. The maximum atomic E-state index is 12.1. The number of nitrogens with one attached hydrogen (secondary N) is 3. The van der Waals surface area contributed by atoms with Gasteiger partial charge in [-0.1, -0.05) is 13.3 Å². The van der Waals surface area contributed by atoms with Crippen LogP contribution in [0.1, 0.15) is 40.0 Å². The smallest absolute Gasteiger partial charge is 0.321 e. The molecule has 3 amide bonds. The van der Waals surface area contributed by atoms with Crippen LogP contribution in [0.15, 0.2) is 0 Å². The fourth-order valence-corrected chi connectivity index (χ4v) is 2.89. The highest BCUT2D eigenvalue weighted by Gasteiger charge is 2.33. The van der Waals surface area contributed by atoms with Crippen LogP contribution in [0.3, 0.4) is 0 Å². The molecule has 20 heavy (non-hydrogen) atoms. The lowest BCUT2D eigenvalue weighted by Gasteiger charge is -2.42. The number of piperidine rings is 1. The fraction of sp³-hybridized carbons (Fsp3) is 0.857. The van der Waals surface area contributed by atoms with Crippen molar-refractivity contribution in [3.63, 3.8) is 0 Å². The van der Waals surface area contributed by atoms with Crippen molar-refractivity contribution in [2.45, 2.75) is 58.2 Å². The van der Waals surface area contributed by atoms with E-state index >= 15 is 0 Å². The number of carbonyl (C=O) groups excluding carboxylic acids is 2. The average molecular weight is 284 g/mol. The van der Waals surface area contributed by atoms with E-state index in [-0.39, 0.29) is 11.9 Å². The molecule has 0 spiro atoms. The summed E-state index contributed by atoms with van der Waals surface area (Å²) in [4.78, 5) is 25.6. The molecule has 0 saturated carbocycles. The number of imide groups is 1. The minimum atomic E-state index is -0.449. The molecule has 6 nitrogen and oxygen atoms in total. The molecule has 6 heteroatoms. The van der Waals surface area contributed by atoms with Gasteiger partial charge in [0.1, 0.15) is 0 Å². The van der Waals surface area contributed by atoms with Gasteiger partial charge in [-0.2, -0.15) is 0 Å². The van der Waals surface area contributed by atoms with Crippen molar-refractivity contribution >= 4 is 11.9 Å². The molecular weight excluding hydrogens is 256 g/mol. The van der Waals surface area contributed by atoms with Gasteiger partial charge in [0.2, 0.25) is 5.91 Å². The number of likely N-dealkylation sites (tertiary alicyclic amines) is 1. The number of amides is 3. The average Bonchev–Trinajstić information content (AvgIpc) is 2.46. The Morgan fingerprint density at radius 1 is 1.30 bits per heavy atom. The van der Waals surface area contributed by atoms with Crippen LogP contribution >= 0.6 is 0 Å². The molecule has 0 bridgehead atoms. The summed E-state index contributed by atoms with van der Waals surface area (Å²) >= 11 is 0. The van der Waals surface area contributed by atoms with Crippen LogP contribution < -0.4 is 16.0 Å². The van der Waals surface area contributed by atoms with E-state index in [1.807, 2.05) is 6.92 Å². The lowest BCUT2D eigenvalue weighted by molar-refractivity contribution is -0.126. The zero-order valence-electron chi connectivity index (χ0n) is 13.0. The Morgan fingerprint density at radius 3 is 2.60 bits per heavy atom. The van der Waals surface area contributed by atoms with Crippen LogP contribution in [0.2, 0.25) is 0 Å². The molecule has 3 unspecified atom stereocenters. The minimum Gasteiger partial charge on any atom is -0.341 e. The topological polar surface area (TPSA) is 73.5 Å². The fourth-order valence-electron chi connectivity index (χ4n) is 2.89. The summed E-state index contributed by atoms with van der Waals surface area (Å²) in [6, 6.07) is -0.0569. The number of carbonyl (C=O) groups is 2. The van der Waals surface area contributed by atoms with Gasteiger partial charge in [-0.05, 0) is 39.8 Å². The summed E-state index contributed by atoms with van der Waals surface area (Å²) in [7, 11) is 1.50. The lowest BCUT2D eigenvalue weighted by Crippen LogP contribution is -2.58. The van der Waals surface area contributed by atoms with Crippen molar-refractivity contribution < 1.29 is 9.59 Å². The Kier molecular flexibility index (Phi) is 6.95. The Labute approximate surface area is 121 Å². The summed E-state index contributed by atoms with van der Waals surface area (Å²) in [6.45, 7) is 7.95. The highest BCUT2D eigenvalue weighted by atomic mass is 16.2. The normalized spacial score (nSPS) is 22.9. The Balaban J connectivity index is 2.68. The van der Waals surface area contributed by atoms with Gasteiger partial charge in [-0.3, -0.25) is 15.0 Å². The standard InChI is InChI=1S/C14H28N4O2/c1-5-16-10(2)12-8-6-7-9-18(12)11(3)13(19)17-14(20)15-4/h10-12,16H,5-9H2,1-4H3,(H2,15,17,19,20). The van der Waals surface area contributed by atoms with Crippen molar-refractivity contribution in [3.05, 3.63) is 0 Å². The summed E-state index contributed by atoms with van der Waals surface area (Å²) in [5, 5.41) is 8.21. The van der Waals surface area contributed by atoms with Crippen molar-refractivity contribution in [3.8, 4) is 0 Å².